The van der Waals surface area contributed by atoms with Crippen molar-refractivity contribution < 1.29 is 24.6 Å². The minimum absolute atomic E-state index is 0.130. The molecule has 0 fully saturated rings. The quantitative estimate of drug-likeness (QED) is 0.437. The average Bonchev–Trinajstić information content (AvgIpc) is 2.30. The number of allylic oxidation sites excluding steroid dienone is 1. The first-order valence-electron chi connectivity index (χ1n) is 6.22. The number of hydrogen-bond acceptors (Lipinski definition) is 3. The second-order valence-electron chi connectivity index (χ2n) is 4.26. The summed E-state index contributed by atoms with van der Waals surface area (Å²) in [4.78, 5) is 31.2. The Labute approximate surface area is 107 Å². The van der Waals surface area contributed by atoms with Gasteiger partial charge in [0.15, 0.2) is 0 Å². The van der Waals surface area contributed by atoms with E-state index in [1.807, 2.05) is 5.94 Å². The molecule has 0 aromatic carbocycles. The van der Waals surface area contributed by atoms with E-state index in [1.165, 1.54) is 0 Å². The van der Waals surface area contributed by atoms with Crippen LogP contribution in [0.4, 0.5) is 0 Å². The van der Waals surface area contributed by atoms with Gasteiger partial charge in [-0.25, -0.2) is 4.79 Å². The van der Waals surface area contributed by atoms with Crippen molar-refractivity contribution in [1.82, 2.24) is 0 Å². The SMILES string of the molecule is O=C=C(CCCCCC(=O)O)CCCCC(=O)O. The molecule has 0 rings (SSSR count). The number of carbonyl (C=O) groups excluding carboxylic acids is 1. The molecule has 0 atom stereocenters. The molecule has 0 unspecified atom stereocenters. The van der Waals surface area contributed by atoms with Crippen molar-refractivity contribution in [3.63, 3.8) is 0 Å². The largest absolute Gasteiger partial charge is 0.481 e. The van der Waals surface area contributed by atoms with Crippen LogP contribution in [0.25, 0.3) is 0 Å². The van der Waals surface area contributed by atoms with E-state index in [0.29, 0.717) is 37.7 Å². The Morgan fingerprint density at radius 2 is 1.11 bits per heavy atom. The predicted octanol–water partition coefficient (Wildman–Crippen LogP) is 2.42. The van der Waals surface area contributed by atoms with Gasteiger partial charge in [-0.05, 0) is 38.5 Å². The van der Waals surface area contributed by atoms with Gasteiger partial charge in [-0.15, -0.1) is 0 Å². The molecule has 18 heavy (non-hydrogen) atoms. The molecule has 0 bridgehead atoms. The minimum Gasteiger partial charge on any atom is -0.481 e. The summed E-state index contributed by atoms with van der Waals surface area (Å²) in [6.45, 7) is 0. The summed E-state index contributed by atoms with van der Waals surface area (Å²) in [6.07, 6.45) is 4.98. The summed E-state index contributed by atoms with van der Waals surface area (Å²) in [6, 6.07) is 0. The van der Waals surface area contributed by atoms with Gasteiger partial charge in [0.2, 0.25) is 0 Å². The van der Waals surface area contributed by atoms with Crippen LogP contribution in [0.5, 0.6) is 0 Å². The zero-order valence-corrected chi connectivity index (χ0v) is 10.5. The predicted molar refractivity (Wildman–Crippen MR) is 66.0 cm³/mol. The van der Waals surface area contributed by atoms with Crippen molar-refractivity contribution in [2.45, 2.75) is 57.8 Å². The van der Waals surface area contributed by atoms with Crippen LogP contribution in [-0.4, -0.2) is 28.1 Å². The van der Waals surface area contributed by atoms with Gasteiger partial charge < -0.3 is 10.2 Å². The summed E-state index contributed by atoms with van der Waals surface area (Å²) in [7, 11) is 0. The lowest BCUT2D eigenvalue weighted by Gasteiger charge is -2.02. The second kappa shape index (κ2) is 10.5. The number of carboxylic acid groups (broad SMARTS) is 2. The minimum atomic E-state index is -0.819. The van der Waals surface area contributed by atoms with Crippen molar-refractivity contribution >= 4 is 17.9 Å². The van der Waals surface area contributed by atoms with Gasteiger partial charge in [-0.2, -0.15) is 0 Å². The molecule has 5 heteroatoms. The number of unbranched alkanes of at least 4 members (excludes halogenated alkanes) is 3. The number of hydrogen-bond donors (Lipinski definition) is 2. The third-order valence-electron chi connectivity index (χ3n) is 2.63. The molecule has 5 nitrogen and oxygen atoms in total. The molecule has 0 aliphatic rings. The summed E-state index contributed by atoms with van der Waals surface area (Å²) >= 11 is 0. The third kappa shape index (κ3) is 10.9. The van der Waals surface area contributed by atoms with E-state index < -0.39 is 11.9 Å². The van der Waals surface area contributed by atoms with Crippen LogP contribution >= 0.6 is 0 Å². The molecule has 0 aliphatic carbocycles. The number of rotatable bonds is 11. The lowest BCUT2D eigenvalue weighted by Crippen LogP contribution is -1.95. The number of carbonyl (C=O) groups is 2. The molecule has 0 radical (unpaired) electrons. The molecule has 0 amide bonds. The molecule has 0 spiro atoms. The van der Waals surface area contributed by atoms with Crippen molar-refractivity contribution in [3.8, 4) is 0 Å². The summed E-state index contributed by atoms with van der Waals surface area (Å²) in [5.41, 5.74) is 0.677. The van der Waals surface area contributed by atoms with Crippen LogP contribution in [0.15, 0.2) is 5.57 Å². The Balaban J connectivity index is 3.56. The molecule has 2 N–H and O–H groups in total. The molecule has 0 aliphatic heterocycles. The van der Waals surface area contributed by atoms with E-state index in [-0.39, 0.29) is 12.8 Å². The van der Waals surface area contributed by atoms with Crippen LogP contribution in [0, 0.1) is 0 Å². The molecule has 0 aromatic heterocycles. The highest BCUT2D eigenvalue weighted by Gasteiger charge is 2.02. The highest BCUT2D eigenvalue weighted by molar-refractivity contribution is 5.66. The normalized spacial score (nSPS) is 9.78. The van der Waals surface area contributed by atoms with Crippen molar-refractivity contribution in [2.75, 3.05) is 0 Å². The molecular formula is C13H20O5. The molecule has 102 valence electrons. The maximum Gasteiger partial charge on any atom is 0.303 e. The molecule has 0 aromatic rings. The van der Waals surface area contributed by atoms with Crippen LogP contribution in [0.3, 0.4) is 0 Å². The van der Waals surface area contributed by atoms with E-state index in [9.17, 15) is 14.4 Å². The lowest BCUT2D eigenvalue weighted by atomic mass is 10.0. The first kappa shape index (κ1) is 16.4. The second-order valence-corrected chi connectivity index (χ2v) is 4.26. The van der Waals surface area contributed by atoms with Gasteiger partial charge in [0.1, 0.15) is 5.94 Å². The molecule has 0 heterocycles. The topological polar surface area (TPSA) is 91.7 Å². The fourth-order valence-electron chi connectivity index (χ4n) is 1.63. The molecule has 0 saturated carbocycles. The Kier molecular flexibility index (Phi) is 9.60. The Hall–Kier alpha value is -1.61. The number of aliphatic carboxylic acids is 2. The summed E-state index contributed by atoms with van der Waals surface area (Å²) in [5.74, 6) is 0.277. The highest BCUT2D eigenvalue weighted by Crippen LogP contribution is 2.14. The average molecular weight is 256 g/mol. The Bertz CT molecular complexity index is 315. The maximum atomic E-state index is 10.6. The van der Waals surface area contributed by atoms with E-state index in [1.54, 1.807) is 0 Å². The maximum absolute atomic E-state index is 10.6. The summed E-state index contributed by atoms with van der Waals surface area (Å²) in [5, 5.41) is 16.9. The van der Waals surface area contributed by atoms with Crippen LogP contribution < -0.4 is 0 Å². The lowest BCUT2D eigenvalue weighted by molar-refractivity contribution is -0.138. The summed E-state index contributed by atoms with van der Waals surface area (Å²) < 4.78 is 0. The number of carboxylic acids is 2. The van der Waals surface area contributed by atoms with Crippen LogP contribution in [-0.2, 0) is 14.4 Å². The first-order chi connectivity index (χ1) is 8.56. The molecular weight excluding hydrogens is 236 g/mol. The third-order valence-corrected chi connectivity index (χ3v) is 2.63. The highest BCUT2D eigenvalue weighted by atomic mass is 16.4. The first-order valence-corrected chi connectivity index (χ1v) is 6.22. The standard InChI is InChI=1S/C13H20O5/c14-10-11(7-4-5-9-13(17)18)6-2-1-3-8-12(15)16/h1-9H2,(H,15,16)(H,17,18). The smallest absolute Gasteiger partial charge is 0.303 e. The van der Waals surface area contributed by atoms with Crippen molar-refractivity contribution in [2.24, 2.45) is 0 Å². The van der Waals surface area contributed by atoms with Gasteiger partial charge in [-0.3, -0.25) is 9.59 Å². The van der Waals surface area contributed by atoms with Crippen molar-refractivity contribution in [1.29, 1.82) is 0 Å². The van der Waals surface area contributed by atoms with E-state index in [0.717, 1.165) is 12.8 Å². The van der Waals surface area contributed by atoms with Gasteiger partial charge in [0.25, 0.3) is 0 Å². The zero-order valence-electron chi connectivity index (χ0n) is 10.5. The van der Waals surface area contributed by atoms with E-state index in [2.05, 4.69) is 0 Å². The van der Waals surface area contributed by atoms with E-state index in [4.69, 9.17) is 10.2 Å². The van der Waals surface area contributed by atoms with E-state index >= 15 is 0 Å². The Morgan fingerprint density at radius 1 is 0.722 bits per heavy atom. The van der Waals surface area contributed by atoms with Crippen molar-refractivity contribution in [3.05, 3.63) is 5.57 Å². The zero-order chi connectivity index (χ0) is 13.8. The van der Waals surface area contributed by atoms with Crippen LogP contribution in [0.1, 0.15) is 57.8 Å². The van der Waals surface area contributed by atoms with Gasteiger partial charge in [-0.1, -0.05) is 6.42 Å². The fourth-order valence-corrected chi connectivity index (χ4v) is 1.63. The van der Waals surface area contributed by atoms with Crippen LogP contribution in [0.2, 0.25) is 0 Å². The molecule has 0 saturated heterocycles. The Morgan fingerprint density at radius 3 is 1.56 bits per heavy atom. The van der Waals surface area contributed by atoms with Gasteiger partial charge in [0.05, 0.1) is 0 Å². The van der Waals surface area contributed by atoms with Gasteiger partial charge >= 0.3 is 11.9 Å². The van der Waals surface area contributed by atoms with Gasteiger partial charge in [0, 0.05) is 18.4 Å². The fraction of sp³-hybridized carbons (Fsp3) is 0.692. The monoisotopic (exact) mass is 256 g/mol.